The van der Waals surface area contributed by atoms with Gasteiger partial charge in [0.15, 0.2) is 0 Å². The summed E-state index contributed by atoms with van der Waals surface area (Å²) in [5.74, 6) is -0.105. The van der Waals surface area contributed by atoms with Crippen LogP contribution in [0.2, 0.25) is 0 Å². The fourth-order valence-electron chi connectivity index (χ4n) is 2.29. The number of likely N-dealkylation sites (tertiary alicyclic amines) is 1. The molecule has 0 saturated carbocycles. The van der Waals surface area contributed by atoms with E-state index in [1.54, 1.807) is 6.20 Å². The summed E-state index contributed by atoms with van der Waals surface area (Å²) in [4.78, 5) is 21.3. The molecule has 0 aromatic carbocycles. The van der Waals surface area contributed by atoms with Crippen LogP contribution in [0.25, 0.3) is 11.5 Å². The number of hydrogen-bond donors (Lipinski definition) is 1. The predicted octanol–water partition coefficient (Wildman–Crippen LogP) is 1.04. The van der Waals surface area contributed by atoms with Crippen molar-refractivity contribution in [2.24, 2.45) is 5.92 Å². The summed E-state index contributed by atoms with van der Waals surface area (Å²) in [7, 11) is 0. The molecule has 0 spiro atoms. The number of aromatic nitrogens is 3. The molecule has 3 rings (SSSR count). The van der Waals surface area contributed by atoms with Crippen LogP contribution in [0, 0.1) is 5.92 Å². The van der Waals surface area contributed by atoms with Gasteiger partial charge < -0.3 is 9.63 Å². The Morgan fingerprint density at radius 3 is 3.10 bits per heavy atom. The van der Waals surface area contributed by atoms with E-state index in [1.165, 1.54) is 0 Å². The van der Waals surface area contributed by atoms with Gasteiger partial charge in [-0.05, 0) is 25.1 Å². The van der Waals surface area contributed by atoms with Crippen molar-refractivity contribution in [3.63, 3.8) is 0 Å². The highest BCUT2D eigenvalue weighted by Gasteiger charge is 2.28. The molecule has 7 nitrogen and oxygen atoms in total. The van der Waals surface area contributed by atoms with Crippen molar-refractivity contribution in [3.05, 3.63) is 30.3 Å². The van der Waals surface area contributed by atoms with Crippen molar-refractivity contribution in [1.82, 2.24) is 20.0 Å². The summed E-state index contributed by atoms with van der Waals surface area (Å²) in [5, 5.41) is 12.9. The monoisotopic (exact) mass is 274 g/mol. The first-order valence-electron chi connectivity index (χ1n) is 6.41. The molecule has 1 saturated heterocycles. The summed E-state index contributed by atoms with van der Waals surface area (Å²) in [6, 6.07) is 5.49. The smallest absolute Gasteiger partial charge is 0.307 e. The molecular weight excluding hydrogens is 260 g/mol. The fourth-order valence-corrected chi connectivity index (χ4v) is 2.29. The highest BCUT2D eigenvalue weighted by molar-refractivity contribution is 5.70. The van der Waals surface area contributed by atoms with E-state index < -0.39 is 5.97 Å². The Hall–Kier alpha value is -2.28. The number of pyridine rings is 1. The van der Waals surface area contributed by atoms with E-state index >= 15 is 0 Å². The Labute approximate surface area is 115 Å². The van der Waals surface area contributed by atoms with E-state index in [0.29, 0.717) is 36.9 Å². The molecule has 1 N–H and O–H groups in total. The van der Waals surface area contributed by atoms with Crippen LogP contribution in [0.4, 0.5) is 0 Å². The Morgan fingerprint density at radius 2 is 2.40 bits per heavy atom. The normalized spacial score (nSPS) is 19.3. The second-order valence-corrected chi connectivity index (χ2v) is 4.79. The molecule has 7 heteroatoms. The van der Waals surface area contributed by atoms with Crippen LogP contribution in [-0.2, 0) is 11.3 Å². The summed E-state index contributed by atoms with van der Waals surface area (Å²) in [6.07, 6.45) is 2.33. The molecule has 0 aliphatic carbocycles. The van der Waals surface area contributed by atoms with Gasteiger partial charge in [0.1, 0.15) is 5.69 Å². The van der Waals surface area contributed by atoms with Crippen LogP contribution in [0.3, 0.4) is 0 Å². The van der Waals surface area contributed by atoms with Crippen molar-refractivity contribution in [3.8, 4) is 11.5 Å². The lowest BCUT2D eigenvalue weighted by molar-refractivity contribution is -0.141. The molecule has 1 atom stereocenters. The SMILES string of the molecule is O=C(O)C1CCN(Cc2nc(-c3ccccn3)no2)C1. The first kappa shape index (κ1) is 12.7. The predicted molar refractivity (Wildman–Crippen MR) is 68.5 cm³/mol. The molecule has 2 aromatic rings. The molecular formula is C13H14N4O3. The van der Waals surface area contributed by atoms with Crippen molar-refractivity contribution >= 4 is 5.97 Å². The number of carboxylic acids is 1. The van der Waals surface area contributed by atoms with E-state index in [-0.39, 0.29) is 5.92 Å². The highest BCUT2D eigenvalue weighted by Crippen LogP contribution is 2.19. The van der Waals surface area contributed by atoms with Gasteiger partial charge in [-0.25, -0.2) is 0 Å². The molecule has 20 heavy (non-hydrogen) atoms. The first-order valence-corrected chi connectivity index (χ1v) is 6.41. The zero-order valence-electron chi connectivity index (χ0n) is 10.8. The van der Waals surface area contributed by atoms with Crippen molar-refractivity contribution in [2.75, 3.05) is 13.1 Å². The van der Waals surface area contributed by atoms with Gasteiger partial charge in [0.05, 0.1) is 12.5 Å². The summed E-state index contributed by atoms with van der Waals surface area (Å²) in [6.45, 7) is 1.73. The molecule has 0 bridgehead atoms. The molecule has 104 valence electrons. The molecule has 2 aromatic heterocycles. The van der Waals surface area contributed by atoms with Crippen LogP contribution < -0.4 is 0 Å². The molecule has 0 radical (unpaired) electrons. The number of carboxylic acid groups (broad SMARTS) is 1. The third-order valence-corrected chi connectivity index (χ3v) is 3.34. The summed E-state index contributed by atoms with van der Waals surface area (Å²) < 4.78 is 5.19. The topological polar surface area (TPSA) is 92.3 Å². The quantitative estimate of drug-likeness (QED) is 0.890. The highest BCUT2D eigenvalue weighted by atomic mass is 16.5. The van der Waals surface area contributed by atoms with Crippen LogP contribution in [0.5, 0.6) is 0 Å². The number of carbonyl (C=O) groups is 1. The van der Waals surface area contributed by atoms with Crippen LogP contribution >= 0.6 is 0 Å². The van der Waals surface area contributed by atoms with Gasteiger partial charge in [0.2, 0.25) is 11.7 Å². The standard InChI is InChI=1S/C13H14N4O3/c18-13(19)9-4-6-17(7-9)8-11-15-12(16-20-11)10-3-1-2-5-14-10/h1-3,5,9H,4,6-8H2,(H,18,19). The maximum absolute atomic E-state index is 10.9. The molecule has 1 aliphatic heterocycles. The van der Waals surface area contributed by atoms with Gasteiger partial charge in [-0.2, -0.15) is 4.98 Å². The molecule has 0 amide bonds. The average Bonchev–Trinajstić information content (AvgIpc) is 3.10. The third kappa shape index (κ3) is 2.67. The summed E-state index contributed by atoms with van der Waals surface area (Å²) >= 11 is 0. The minimum Gasteiger partial charge on any atom is -0.481 e. The first-order chi connectivity index (χ1) is 9.72. The van der Waals surface area contributed by atoms with Gasteiger partial charge in [-0.1, -0.05) is 11.2 Å². The van der Waals surface area contributed by atoms with Crippen molar-refractivity contribution < 1.29 is 14.4 Å². The minimum absolute atomic E-state index is 0.298. The minimum atomic E-state index is -0.743. The lowest BCUT2D eigenvalue weighted by Crippen LogP contribution is -2.22. The number of rotatable bonds is 4. The fraction of sp³-hybridized carbons (Fsp3) is 0.385. The maximum Gasteiger partial charge on any atom is 0.307 e. The average molecular weight is 274 g/mol. The molecule has 1 aliphatic rings. The van der Waals surface area contributed by atoms with Crippen molar-refractivity contribution in [2.45, 2.75) is 13.0 Å². The van der Waals surface area contributed by atoms with Crippen LogP contribution in [0.1, 0.15) is 12.3 Å². The zero-order valence-corrected chi connectivity index (χ0v) is 10.8. The number of nitrogens with zero attached hydrogens (tertiary/aromatic N) is 4. The lowest BCUT2D eigenvalue weighted by Gasteiger charge is -2.11. The Kier molecular flexibility index (Phi) is 3.42. The van der Waals surface area contributed by atoms with Gasteiger partial charge in [0.25, 0.3) is 0 Å². The lowest BCUT2D eigenvalue weighted by atomic mass is 10.1. The van der Waals surface area contributed by atoms with Gasteiger partial charge >= 0.3 is 5.97 Å². The molecule has 1 fully saturated rings. The van der Waals surface area contributed by atoms with Gasteiger partial charge in [0, 0.05) is 12.7 Å². The van der Waals surface area contributed by atoms with Crippen LogP contribution in [-0.4, -0.2) is 44.2 Å². The van der Waals surface area contributed by atoms with E-state index in [1.807, 2.05) is 23.1 Å². The second kappa shape index (κ2) is 5.38. The van der Waals surface area contributed by atoms with E-state index in [0.717, 1.165) is 6.54 Å². The van der Waals surface area contributed by atoms with E-state index in [9.17, 15) is 4.79 Å². The Balaban J connectivity index is 1.65. The molecule has 1 unspecified atom stereocenters. The molecule has 3 heterocycles. The maximum atomic E-state index is 10.9. The zero-order chi connectivity index (χ0) is 13.9. The summed E-state index contributed by atoms with van der Waals surface area (Å²) in [5.41, 5.74) is 0.660. The second-order valence-electron chi connectivity index (χ2n) is 4.79. The Bertz CT molecular complexity index is 599. The van der Waals surface area contributed by atoms with Crippen LogP contribution in [0.15, 0.2) is 28.9 Å². The third-order valence-electron chi connectivity index (χ3n) is 3.34. The number of hydrogen-bond acceptors (Lipinski definition) is 6. The Morgan fingerprint density at radius 1 is 1.50 bits per heavy atom. The van der Waals surface area contributed by atoms with Gasteiger partial charge in [-0.15, -0.1) is 0 Å². The van der Waals surface area contributed by atoms with Gasteiger partial charge in [-0.3, -0.25) is 14.7 Å². The largest absolute Gasteiger partial charge is 0.481 e. The van der Waals surface area contributed by atoms with Crippen molar-refractivity contribution in [1.29, 1.82) is 0 Å². The number of aliphatic carboxylic acids is 1. The van der Waals surface area contributed by atoms with E-state index in [2.05, 4.69) is 15.1 Å². The van der Waals surface area contributed by atoms with E-state index in [4.69, 9.17) is 9.63 Å².